The summed E-state index contributed by atoms with van der Waals surface area (Å²) in [6.07, 6.45) is 0. The van der Waals surface area contributed by atoms with E-state index in [1.807, 2.05) is 24.3 Å². The standard InChI is InChI=1S/2C12H22N2Si2.C4H11N.Zr/c2*1-15(2,3)13-11-9-7-8-10-12(11)14-16(4,5)6;1-3-5-4-2;/h2*7-10H,1-6H3;5H,3-4H2,1-2H3;/q2*-2;;+4. The van der Waals surface area contributed by atoms with Crippen LogP contribution in [-0.4, -0.2) is 46.0 Å². The van der Waals surface area contributed by atoms with Gasteiger partial charge < -0.3 is 25.2 Å². The second kappa shape index (κ2) is 17.9. The van der Waals surface area contributed by atoms with Crippen molar-refractivity contribution in [3.63, 3.8) is 0 Å². The molecule has 0 bridgehead atoms. The van der Waals surface area contributed by atoms with Crippen LogP contribution in [0.4, 0.5) is 22.7 Å². The van der Waals surface area contributed by atoms with Gasteiger partial charge in [0.15, 0.2) is 0 Å². The molecule has 38 heavy (non-hydrogen) atoms. The van der Waals surface area contributed by atoms with Crippen molar-refractivity contribution in [2.75, 3.05) is 13.1 Å². The van der Waals surface area contributed by atoms with Crippen LogP contribution >= 0.6 is 0 Å². The largest absolute Gasteiger partial charge is 4.00 e. The van der Waals surface area contributed by atoms with Gasteiger partial charge in [0.1, 0.15) is 0 Å². The Balaban J connectivity index is 0. The minimum Gasteiger partial charge on any atom is -0.688 e. The van der Waals surface area contributed by atoms with Gasteiger partial charge >= 0.3 is 26.2 Å². The van der Waals surface area contributed by atoms with Crippen LogP contribution in [-0.2, 0) is 26.2 Å². The van der Waals surface area contributed by atoms with Crippen LogP contribution in [0.2, 0.25) is 78.6 Å². The van der Waals surface area contributed by atoms with Gasteiger partial charge in [-0.25, -0.2) is 0 Å². The van der Waals surface area contributed by atoms with Crippen LogP contribution in [0.3, 0.4) is 0 Å². The average Bonchev–Trinajstić information content (AvgIpc) is 2.68. The van der Waals surface area contributed by atoms with E-state index in [2.05, 4.69) is 122 Å². The fourth-order valence-electron chi connectivity index (χ4n) is 3.00. The fourth-order valence-corrected chi connectivity index (χ4v) is 6.65. The van der Waals surface area contributed by atoms with Gasteiger partial charge in [-0.05, 0) is 46.0 Å². The maximum atomic E-state index is 4.84. The van der Waals surface area contributed by atoms with Gasteiger partial charge in [0.2, 0.25) is 0 Å². The minimum atomic E-state index is -1.42. The van der Waals surface area contributed by atoms with Crippen molar-refractivity contribution >= 4 is 55.7 Å². The van der Waals surface area contributed by atoms with E-state index in [0.29, 0.717) is 0 Å². The Kier molecular flexibility index (Phi) is 18.6. The van der Waals surface area contributed by atoms with Gasteiger partial charge in [0.25, 0.3) is 0 Å². The minimum absolute atomic E-state index is 0. The molecule has 0 unspecified atom stereocenters. The third-order valence-electron chi connectivity index (χ3n) is 4.09. The van der Waals surface area contributed by atoms with Gasteiger partial charge in [0, 0.05) is 0 Å². The quantitative estimate of drug-likeness (QED) is 0.252. The summed E-state index contributed by atoms with van der Waals surface area (Å²) >= 11 is 0. The molecule has 0 aliphatic heterocycles. The fraction of sp³-hybridized carbons (Fsp3) is 0.571. The van der Waals surface area contributed by atoms with Crippen LogP contribution in [0.1, 0.15) is 13.8 Å². The molecule has 0 aliphatic rings. The Hall–Kier alpha value is -0.649. The van der Waals surface area contributed by atoms with Crippen molar-refractivity contribution in [3.05, 3.63) is 68.5 Å². The zero-order chi connectivity index (χ0) is 28.9. The van der Waals surface area contributed by atoms with Crippen molar-refractivity contribution in [2.45, 2.75) is 92.4 Å². The summed E-state index contributed by atoms with van der Waals surface area (Å²) in [5.41, 5.74) is 4.29. The van der Waals surface area contributed by atoms with Crippen LogP contribution in [0.25, 0.3) is 19.9 Å². The SMILES string of the molecule is CCNCC.C[Si](C)(C)[N-]c1ccccc1[N-][Si](C)(C)C.C[Si](C)(C)[N-]c1ccccc1[N-][Si](C)(C)C.[Zr+4]. The molecule has 5 nitrogen and oxygen atoms in total. The van der Waals surface area contributed by atoms with Gasteiger partial charge in [-0.3, -0.25) is 0 Å². The van der Waals surface area contributed by atoms with Gasteiger partial charge in [0.05, 0.1) is 0 Å². The molecular weight excluding hydrogens is 610 g/mol. The van der Waals surface area contributed by atoms with Crippen LogP contribution in [0.15, 0.2) is 48.5 Å². The Morgan fingerprint density at radius 3 is 0.737 bits per heavy atom. The van der Waals surface area contributed by atoms with Crippen molar-refractivity contribution < 1.29 is 26.2 Å². The summed E-state index contributed by atoms with van der Waals surface area (Å²) in [7, 11) is -5.70. The first kappa shape index (κ1) is 39.5. The zero-order valence-corrected chi connectivity index (χ0v) is 33.3. The number of hydrogen-bond donors (Lipinski definition) is 1. The van der Waals surface area contributed by atoms with Crippen molar-refractivity contribution in [1.82, 2.24) is 5.32 Å². The third kappa shape index (κ3) is 22.2. The van der Waals surface area contributed by atoms with E-state index in [0.717, 1.165) is 35.8 Å². The molecule has 0 spiro atoms. The van der Waals surface area contributed by atoms with Crippen LogP contribution < -0.4 is 5.32 Å². The average molecular weight is 665 g/mol. The van der Waals surface area contributed by atoms with E-state index >= 15 is 0 Å². The summed E-state index contributed by atoms with van der Waals surface area (Å²) in [5.74, 6) is 0. The first-order valence-corrected chi connectivity index (χ1v) is 27.4. The van der Waals surface area contributed by atoms with E-state index in [9.17, 15) is 0 Å². The monoisotopic (exact) mass is 663 g/mol. The molecule has 0 saturated heterocycles. The predicted octanol–water partition coefficient (Wildman–Crippen LogP) is 11.3. The van der Waals surface area contributed by atoms with Gasteiger partial charge in [-0.15, -0.1) is 0 Å². The Morgan fingerprint density at radius 1 is 0.447 bits per heavy atom. The maximum Gasteiger partial charge on any atom is 4.00 e. The number of rotatable bonds is 10. The van der Waals surface area contributed by atoms with E-state index in [-0.39, 0.29) is 26.2 Å². The van der Waals surface area contributed by atoms with Crippen molar-refractivity contribution in [1.29, 1.82) is 0 Å². The summed E-state index contributed by atoms with van der Waals surface area (Å²) in [6, 6.07) is 16.5. The number of nitrogens with one attached hydrogen (secondary N) is 1. The molecular formula is C28H55N5Si4Zr. The summed E-state index contributed by atoms with van der Waals surface area (Å²) < 4.78 is 0. The second-order valence-electron chi connectivity index (χ2n) is 13.1. The molecule has 0 aliphatic carbocycles. The zero-order valence-electron chi connectivity index (χ0n) is 26.8. The van der Waals surface area contributed by atoms with E-state index in [4.69, 9.17) is 19.9 Å². The maximum absolute atomic E-state index is 4.84. The topological polar surface area (TPSA) is 68.4 Å². The predicted molar refractivity (Wildman–Crippen MR) is 183 cm³/mol. The third-order valence-corrected chi connectivity index (χ3v) is 7.73. The summed E-state index contributed by atoms with van der Waals surface area (Å²) in [6.45, 7) is 33.4. The Bertz CT molecular complexity index is 758. The van der Waals surface area contributed by atoms with E-state index < -0.39 is 32.9 Å². The molecule has 0 aromatic heterocycles. The summed E-state index contributed by atoms with van der Waals surface area (Å²) in [5, 5.41) is 3.11. The van der Waals surface area contributed by atoms with Crippen molar-refractivity contribution in [3.8, 4) is 0 Å². The molecule has 10 heteroatoms. The summed E-state index contributed by atoms with van der Waals surface area (Å²) in [4.78, 5) is 19.4. The molecule has 212 valence electrons. The number of hydrogen-bond acceptors (Lipinski definition) is 1. The van der Waals surface area contributed by atoms with Crippen LogP contribution in [0, 0.1) is 0 Å². The normalized spacial score (nSPS) is 11.5. The van der Waals surface area contributed by atoms with E-state index in [1.54, 1.807) is 0 Å². The molecule has 0 radical (unpaired) electrons. The first-order valence-electron chi connectivity index (χ1n) is 13.6. The second-order valence-corrected chi connectivity index (χ2v) is 31.3. The molecule has 2 rings (SSSR count). The molecule has 0 saturated carbocycles. The molecule has 2 aromatic rings. The van der Waals surface area contributed by atoms with Gasteiger partial charge in [-0.1, -0.05) is 141 Å². The van der Waals surface area contributed by atoms with Crippen molar-refractivity contribution in [2.24, 2.45) is 0 Å². The van der Waals surface area contributed by atoms with Gasteiger partial charge in [-0.2, -0.15) is 22.7 Å². The van der Waals surface area contributed by atoms with E-state index in [1.165, 1.54) is 0 Å². The number of nitrogens with zero attached hydrogens (tertiary/aromatic N) is 4. The Morgan fingerprint density at radius 2 is 0.632 bits per heavy atom. The Labute approximate surface area is 259 Å². The van der Waals surface area contributed by atoms with Crippen LogP contribution in [0.5, 0.6) is 0 Å². The number of benzene rings is 2. The smallest absolute Gasteiger partial charge is 0.688 e. The first-order chi connectivity index (χ1) is 16.8. The molecule has 0 heterocycles. The molecule has 0 amide bonds. The molecule has 1 N–H and O–H groups in total. The molecule has 0 atom stereocenters. The molecule has 2 aromatic carbocycles. The molecule has 0 fully saturated rings.